The van der Waals surface area contributed by atoms with E-state index in [0.717, 1.165) is 12.8 Å². The summed E-state index contributed by atoms with van der Waals surface area (Å²) in [5, 5.41) is 5.26. The van der Waals surface area contributed by atoms with Crippen LogP contribution in [0.15, 0.2) is 38.7 Å². The third-order valence-electron chi connectivity index (χ3n) is 4.57. The smallest absolute Gasteiger partial charge is 0.262 e. The highest BCUT2D eigenvalue weighted by molar-refractivity contribution is 7.98. The first-order valence-electron chi connectivity index (χ1n) is 9.99. The number of amides is 1. The lowest BCUT2D eigenvalue weighted by molar-refractivity contribution is -0.118. The van der Waals surface area contributed by atoms with Gasteiger partial charge in [-0.15, -0.1) is 0 Å². The summed E-state index contributed by atoms with van der Waals surface area (Å²) in [6, 6.07) is 7.33. The Morgan fingerprint density at radius 2 is 1.93 bits per heavy atom. The first kappa shape index (κ1) is 22.0. The molecule has 2 heterocycles. The molecule has 0 saturated heterocycles. The molecule has 1 amide bonds. The molecule has 30 heavy (non-hydrogen) atoms. The molecule has 160 valence electrons. The zero-order valence-electron chi connectivity index (χ0n) is 17.6. The summed E-state index contributed by atoms with van der Waals surface area (Å²) < 4.78 is 7.05. The van der Waals surface area contributed by atoms with E-state index in [2.05, 4.69) is 10.1 Å². The Morgan fingerprint density at radius 1 is 1.17 bits per heavy atom. The Labute approximate surface area is 179 Å². The second-order valence-electron chi connectivity index (χ2n) is 8.20. The molecule has 0 bridgehead atoms. The van der Waals surface area contributed by atoms with Crippen molar-refractivity contribution < 1.29 is 9.32 Å². The molecule has 2 aromatic heterocycles. The molecule has 3 rings (SSSR count). The van der Waals surface area contributed by atoms with Crippen molar-refractivity contribution in [2.24, 2.45) is 5.73 Å². The summed E-state index contributed by atoms with van der Waals surface area (Å²) in [5.41, 5.74) is 5.57. The van der Waals surface area contributed by atoms with Crippen molar-refractivity contribution in [1.29, 1.82) is 0 Å². The summed E-state index contributed by atoms with van der Waals surface area (Å²) in [6.07, 6.45) is 2.65. The number of carbonyl (C=O) groups excluding carboxylic acids is 1. The molecule has 3 aromatic rings. The van der Waals surface area contributed by atoms with E-state index in [0.29, 0.717) is 52.9 Å². The van der Waals surface area contributed by atoms with Crippen LogP contribution >= 0.6 is 11.8 Å². The Hall–Kier alpha value is -2.68. The lowest BCUT2D eigenvalue weighted by atomic mass is 9.97. The van der Waals surface area contributed by atoms with E-state index < -0.39 is 0 Å². The molecule has 1 aromatic carbocycles. The van der Waals surface area contributed by atoms with Crippen LogP contribution in [0.1, 0.15) is 58.2 Å². The Morgan fingerprint density at radius 3 is 2.63 bits per heavy atom. The lowest BCUT2D eigenvalue weighted by Crippen LogP contribution is -2.23. The van der Waals surface area contributed by atoms with Gasteiger partial charge >= 0.3 is 0 Å². The number of nitrogens with zero attached hydrogens (tertiary/aromatic N) is 4. The third kappa shape index (κ3) is 5.47. The number of benzene rings is 1. The van der Waals surface area contributed by atoms with Crippen LogP contribution in [-0.2, 0) is 22.5 Å². The highest BCUT2D eigenvalue weighted by Gasteiger charge is 2.22. The van der Waals surface area contributed by atoms with Crippen LogP contribution in [0.2, 0.25) is 0 Å². The summed E-state index contributed by atoms with van der Waals surface area (Å²) in [7, 11) is 0. The number of carbonyl (C=O) groups is 1. The molecule has 9 heteroatoms. The highest BCUT2D eigenvalue weighted by atomic mass is 32.2. The Kier molecular flexibility index (Phi) is 6.91. The number of nitrogens with two attached hydrogens (primary N) is 1. The van der Waals surface area contributed by atoms with Gasteiger partial charge in [-0.05, 0) is 25.0 Å². The SMILES string of the molecule is CC(C)(C)c1nc(CSc2nc3ccccc3c(=O)n2CCCCCC(N)=O)no1. The highest BCUT2D eigenvalue weighted by Crippen LogP contribution is 2.24. The number of thioether (sulfide) groups is 1. The van der Waals surface area contributed by atoms with Crippen LogP contribution in [0, 0.1) is 0 Å². The van der Waals surface area contributed by atoms with Crippen molar-refractivity contribution in [2.45, 2.75) is 69.3 Å². The fourth-order valence-corrected chi connectivity index (χ4v) is 3.82. The van der Waals surface area contributed by atoms with Gasteiger partial charge in [-0.25, -0.2) is 4.98 Å². The predicted octanol–water partition coefficient (Wildman–Crippen LogP) is 3.42. The average molecular weight is 430 g/mol. The summed E-state index contributed by atoms with van der Waals surface area (Å²) >= 11 is 1.41. The molecule has 0 fully saturated rings. The minimum absolute atomic E-state index is 0.0681. The summed E-state index contributed by atoms with van der Waals surface area (Å²) in [5.74, 6) is 1.30. The van der Waals surface area contributed by atoms with Crippen molar-refractivity contribution in [3.8, 4) is 0 Å². The maximum Gasteiger partial charge on any atom is 0.262 e. The number of hydrogen-bond donors (Lipinski definition) is 1. The first-order valence-corrected chi connectivity index (χ1v) is 11.0. The van der Waals surface area contributed by atoms with Gasteiger partial charge in [0.25, 0.3) is 5.56 Å². The van der Waals surface area contributed by atoms with Crippen LogP contribution < -0.4 is 11.3 Å². The molecule has 0 radical (unpaired) electrons. The van der Waals surface area contributed by atoms with Crippen molar-refractivity contribution in [1.82, 2.24) is 19.7 Å². The zero-order chi connectivity index (χ0) is 21.7. The van der Waals surface area contributed by atoms with Gasteiger partial charge in [0.1, 0.15) is 0 Å². The molecule has 0 unspecified atom stereocenters. The number of hydrogen-bond acceptors (Lipinski definition) is 7. The number of primary amides is 1. The van der Waals surface area contributed by atoms with Gasteiger partial charge in [0, 0.05) is 18.4 Å². The van der Waals surface area contributed by atoms with Crippen LogP contribution in [0.3, 0.4) is 0 Å². The molecular weight excluding hydrogens is 402 g/mol. The molecule has 0 spiro atoms. The maximum absolute atomic E-state index is 13.1. The molecule has 0 aliphatic rings. The number of para-hydroxylation sites is 1. The van der Waals surface area contributed by atoms with E-state index in [1.165, 1.54) is 11.8 Å². The van der Waals surface area contributed by atoms with Crippen LogP contribution in [-0.4, -0.2) is 25.6 Å². The molecule has 8 nitrogen and oxygen atoms in total. The average Bonchev–Trinajstić information content (AvgIpc) is 3.17. The van der Waals surface area contributed by atoms with Crippen molar-refractivity contribution in [2.75, 3.05) is 0 Å². The van der Waals surface area contributed by atoms with Gasteiger partial charge in [0.15, 0.2) is 11.0 Å². The number of rotatable bonds is 9. The second kappa shape index (κ2) is 9.42. The van der Waals surface area contributed by atoms with E-state index >= 15 is 0 Å². The van der Waals surface area contributed by atoms with E-state index in [1.807, 2.05) is 39.0 Å². The Balaban J connectivity index is 1.80. The molecule has 0 aliphatic heterocycles. The zero-order valence-corrected chi connectivity index (χ0v) is 18.4. The molecule has 0 atom stereocenters. The molecule has 2 N–H and O–H groups in total. The van der Waals surface area contributed by atoms with Crippen molar-refractivity contribution >= 4 is 28.6 Å². The molecular formula is C21H27N5O3S. The van der Waals surface area contributed by atoms with Gasteiger partial charge in [0.05, 0.1) is 16.7 Å². The van der Waals surface area contributed by atoms with Gasteiger partial charge in [-0.2, -0.15) is 4.98 Å². The van der Waals surface area contributed by atoms with Crippen molar-refractivity contribution in [3.05, 3.63) is 46.3 Å². The van der Waals surface area contributed by atoms with Crippen molar-refractivity contribution in [3.63, 3.8) is 0 Å². The minimum atomic E-state index is -0.300. The first-order chi connectivity index (χ1) is 14.3. The topological polar surface area (TPSA) is 117 Å². The monoisotopic (exact) mass is 429 g/mol. The van der Waals surface area contributed by atoms with Crippen LogP contribution in [0.4, 0.5) is 0 Å². The summed E-state index contributed by atoms with van der Waals surface area (Å²) in [6.45, 7) is 6.56. The Bertz CT molecular complexity index is 1080. The molecule has 0 saturated carbocycles. The normalized spacial score (nSPS) is 11.8. The van der Waals surface area contributed by atoms with Gasteiger partial charge in [-0.3, -0.25) is 14.2 Å². The predicted molar refractivity (Wildman–Crippen MR) is 116 cm³/mol. The van der Waals surface area contributed by atoms with Gasteiger partial charge in [0.2, 0.25) is 11.8 Å². The van der Waals surface area contributed by atoms with Gasteiger partial charge in [-0.1, -0.05) is 56.2 Å². The van der Waals surface area contributed by atoms with Crippen LogP contribution in [0.25, 0.3) is 10.9 Å². The van der Waals surface area contributed by atoms with Crippen LogP contribution in [0.5, 0.6) is 0 Å². The number of aromatic nitrogens is 4. The second-order valence-corrected chi connectivity index (χ2v) is 9.14. The standard InChI is InChI=1S/C21H27N5O3S/c1-21(2,3)19-24-17(25-29-19)13-30-20-23-15-10-7-6-9-14(15)18(28)26(20)12-8-4-5-11-16(22)27/h6-7,9-10H,4-5,8,11-13H2,1-3H3,(H2,22,27). The van der Waals surface area contributed by atoms with E-state index in [9.17, 15) is 9.59 Å². The minimum Gasteiger partial charge on any atom is -0.370 e. The largest absolute Gasteiger partial charge is 0.370 e. The van der Waals surface area contributed by atoms with E-state index in [4.69, 9.17) is 15.2 Å². The summed E-state index contributed by atoms with van der Waals surface area (Å²) in [4.78, 5) is 33.1. The lowest BCUT2D eigenvalue weighted by Gasteiger charge is -2.12. The fraction of sp³-hybridized carbons (Fsp3) is 0.476. The fourth-order valence-electron chi connectivity index (χ4n) is 2.95. The number of fused-ring (bicyclic) bond motifs is 1. The van der Waals surface area contributed by atoms with Gasteiger partial charge < -0.3 is 10.3 Å². The quantitative estimate of drug-likeness (QED) is 0.315. The molecule has 0 aliphatic carbocycles. The maximum atomic E-state index is 13.1. The van der Waals surface area contributed by atoms with E-state index in [-0.39, 0.29) is 16.9 Å². The third-order valence-corrected chi connectivity index (χ3v) is 5.54. The number of unbranched alkanes of at least 4 members (excludes halogenated alkanes) is 2. The van der Waals surface area contributed by atoms with E-state index in [1.54, 1.807) is 10.6 Å².